The van der Waals surface area contributed by atoms with Crippen molar-refractivity contribution in [1.29, 1.82) is 0 Å². The van der Waals surface area contributed by atoms with E-state index >= 15 is 0 Å². The SMILES string of the molecule is COc1ccc(/C=N/OCC(=O)Nc2ccc(F)cc2)cc1OC. The minimum Gasteiger partial charge on any atom is -0.493 e. The van der Waals surface area contributed by atoms with Gasteiger partial charge in [0.1, 0.15) is 5.82 Å². The molecule has 1 amide bonds. The van der Waals surface area contributed by atoms with E-state index in [-0.39, 0.29) is 12.4 Å². The molecule has 0 radical (unpaired) electrons. The number of oxime groups is 1. The quantitative estimate of drug-likeness (QED) is 0.625. The highest BCUT2D eigenvalue weighted by molar-refractivity contribution is 5.91. The molecule has 126 valence electrons. The van der Waals surface area contributed by atoms with E-state index in [0.29, 0.717) is 17.2 Å². The number of ether oxygens (including phenoxy) is 2. The number of hydrogen-bond donors (Lipinski definition) is 1. The molecule has 0 heterocycles. The van der Waals surface area contributed by atoms with Crippen LogP contribution >= 0.6 is 0 Å². The van der Waals surface area contributed by atoms with Crippen LogP contribution in [0.5, 0.6) is 11.5 Å². The van der Waals surface area contributed by atoms with Gasteiger partial charge in [-0.15, -0.1) is 0 Å². The van der Waals surface area contributed by atoms with Crippen LogP contribution in [0, 0.1) is 5.82 Å². The average molecular weight is 332 g/mol. The molecule has 0 fully saturated rings. The first kappa shape index (κ1) is 17.3. The molecule has 0 atom stereocenters. The van der Waals surface area contributed by atoms with Crippen LogP contribution in [0.25, 0.3) is 0 Å². The molecule has 0 spiro atoms. The Morgan fingerprint density at radius 3 is 2.50 bits per heavy atom. The van der Waals surface area contributed by atoms with Gasteiger partial charge in [-0.1, -0.05) is 5.16 Å². The zero-order valence-corrected chi connectivity index (χ0v) is 13.3. The number of halogens is 1. The Kier molecular flexibility index (Phi) is 6.13. The Balaban J connectivity index is 1.83. The lowest BCUT2D eigenvalue weighted by molar-refractivity contribution is -0.120. The van der Waals surface area contributed by atoms with Crippen molar-refractivity contribution in [3.63, 3.8) is 0 Å². The van der Waals surface area contributed by atoms with E-state index < -0.39 is 5.91 Å². The molecule has 0 unspecified atom stereocenters. The van der Waals surface area contributed by atoms with Crippen molar-refractivity contribution in [2.75, 3.05) is 26.1 Å². The number of hydrogen-bond acceptors (Lipinski definition) is 5. The van der Waals surface area contributed by atoms with Crippen LogP contribution in [0.1, 0.15) is 5.56 Å². The zero-order valence-electron chi connectivity index (χ0n) is 13.3. The zero-order chi connectivity index (χ0) is 17.4. The van der Waals surface area contributed by atoms with E-state index in [1.165, 1.54) is 37.6 Å². The molecule has 0 bridgehead atoms. The summed E-state index contributed by atoms with van der Waals surface area (Å²) in [5, 5.41) is 6.29. The first-order valence-corrected chi connectivity index (χ1v) is 7.05. The van der Waals surface area contributed by atoms with Gasteiger partial charge in [-0.3, -0.25) is 4.79 Å². The molecule has 0 aliphatic rings. The van der Waals surface area contributed by atoms with Crippen molar-refractivity contribution in [2.24, 2.45) is 5.16 Å². The monoisotopic (exact) mass is 332 g/mol. The molecular formula is C17H17FN2O4. The predicted octanol–water partition coefficient (Wildman–Crippen LogP) is 2.83. The lowest BCUT2D eigenvalue weighted by Gasteiger charge is -2.07. The summed E-state index contributed by atoms with van der Waals surface area (Å²) >= 11 is 0. The van der Waals surface area contributed by atoms with Gasteiger partial charge in [-0.05, 0) is 42.5 Å². The minimum atomic E-state index is -0.397. The van der Waals surface area contributed by atoms with Crippen molar-refractivity contribution in [3.8, 4) is 11.5 Å². The second kappa shape index (κ2) is 8.52. The number of carbonyl (C=O) groups excluding carboxylic acids is 1. The summed E-state index contributed by atoms with van der Waals surface area (Å²) < 4.78 is 23.1. The molecule has 0 aromatic heterocycles. The first-order valence-electron chi connectivity index (χ1n) is 7.05. The van der Waals surface area contributed by atoms with Crippen LogP contribution < -0.4 is 14.8 Å². The molecular weight excluding hydrogens is 315 g/mol. The van der Waals surface area contributed by atoms with Crippen LogP contribution in [0.4, 0.5) is 10.1 Å². The van der Waals surface area contributed by atoms with Crippen molar-refractivity contribution in [3.05, 3.63) is 53.8 Å². The summed E-state index contributed by atoms with van der Waals surface area (Å²) in [7, 11) is 3.09. The number of carbonyl (C=O) groups is 1. The predicted molar refractivity (Wildman–Crippen MR) is 88.1 cm³/mol. The number of nitrogens with one attached hydrogen (secondary N) is 1. The Morgan fingerprint density at radius 1 is 1.12 bits per heavy atom. The fourth-order valence-corrected chi connectivity index (χ4v) is 1.86. The number of anilines is 1. The van der Waals surface area contributed by atoms with Crippen molar-refractivity contribution in [2.45, 2.75) is 0 Å². The largest absolute Gasteiger partial charge is 0.493 e. The Bertz CT molecular complexity index is 717. The van der Waals surface area contributed by atoms with Gasteiger partial charge in [0.25, 0.3) is 5.91 Å². The average Bonchev–Trinajstić information content (AvgIpc) is 2.60. The molecule has 2 aromatic rings. The topological polar surface area (TPSA) is 69.2 Å². The highest BCUT2D eigenvalue weighted by Crippen LogP contribution is 2.26. The molecule has 7 heteroatoms. The number of amides is 1. The lowest BCUT2D eigenvalue weighted by atomic mass is 10.2. The molecule has 0 saturated carbocycles. The normalized spacial score (nSPS) is 10.5. The fourth-order valence-electron chi connectivity index (χ4n) is 1.86. The van der Waals surface area contributed by atoms with E-state index in [1.54, 1.807) is 25.3 Å². The summed E-state index contributed by atoms with van der Waals surface area (Å²) in [6, 6.07) is 10.7. The van der Waals surface area contributed by atoms with E-state index in [4.69, 9.17) is 14.3 Å². The second-order valence-corrected chi connectivity index (χ2v) is 4.68. The van der Waals surface area contributed by atoms with Gasteiger partial charge < -0.3 is 19.6 Å². The molecule has 2 aromatic carbocycles. The summed E-state index contributed by atoms with van der Waals surface area (Å²) in [5.74, 6) is 0.402. The van der Waals surface area contributed by atoms with Crippen LogP contribution in [0.3, 0.4) is 0 Å². The van der Waals surface area contributed by atoms with Crippen molar-refractivity contribution in [1.82, 2.24) is 0 Å². The third-order valence-electron chi connectivity index (χ3n) is 3.01. The summed E-state index contributed by atoms with van der Waals surface area (Å²) in [5.41, 5.74) is 1.21. The smallest absolute Gasteiger partial charge is 0.265 e. The molecule has 0 aliphatic heterocycles. The first-order chi connectivity index (χ1) is 11.6. The number of rotatable bonds is 7. The summed E-state index contributed by atoms with van der Waals surface area (Å²) in [6.07, 6.45) is 1.45. The second-order valence-electron chi connectivity index (χ2n) is 4.68. The molecule has 6 nitrogen and oxygen atoms in total. The van der Waals surface area contributed by atoms with Crippen LogP contribution in [0.2, 0.25) is 0 Å². The third-order valence-corrected chi connectivity index (χ3v) is 3.01. The van der Waals surface area contributed by atoms with Gasteiger partial charge in [0, 0.05) is 11.3 Å². The minimum absolute atomic E-state index is 0.263. The Hall–Kier alpha value is -3.09. The van der Waals surface area contributed by atoms with Crippen LogP contribution in [-0.4, -0.2) is 32.9 Å². The number of benzene rings is 2. The van der Waals surface area contributed by atoms with Gasteiger partial charge in [-0.25, -0.2) is 4.39 Å². The Labute approximate surface area is 138 Å². The highest BCUT2D eigenvalue weighted by atomic mass is 19.1. The van der Waals surface area contributed by atoms with Gasteiger partial charge >= 0.3 is 0 Å². The van der Waals surface area contributed by atoms with E-state index in [0.717, 1.165) is 5.56 Å². The standard InChI is InChI=1S/C17H17FN2O4/c1-22-15-8-3-12(9-16(15)23-2)10-19-24-11-17(21)20-14-6-4-13(18)5-7-14/h3-10H,11H2,1-2H3,(H,20,21)/b19-10+. The summed E-state index contributed by atoms with van der Waals surface area (Å²) in [4.78, 5) is 16.6. The molecule has 0 saturated heterocycles. The van der Waals surface area contributed by atoms with Gasteiger partial charge in [0.2, 0.25) is 0 Å². The fraction of sp³-hybridized carbons (Fsp3) is 0.176. The van der Waals surface area contributed by atoms with Crippen molar-refractivity contribution < 1.29 is 23.5 Å². The highest BCUT2D eigenvalue weighted by Gasteiger charge is 2.04. The Morgan fingerprint density at radius 2 is 1.83 bits per heavy atom. The molecule has 2 rings (SSSR count). The van der Waals surface area contributed by atoms with Crippen molar-refractivity contribution >= 4 is 17.8 Å². The van der Waals surface area contributed by atoms with E-state index in [9.17, 15) is 9.18 Å². The van der Waals surface area contributed by atoms with Gasteiger partial charge in [0.15, 0.2) is 18.1 Å². The van der Waals surface area contributed by atoms with E-state index in [2.05, 4.69) is 10.5 Å². The van der Waals surface area contributed by atoms with Crippen LogP contribution in [0.15, 0.2) is 47.6 Å². The molecule has 1 N–H and O–H groups in total. The number of nitrogens with zero attached hydrogens (tertiary/aromatic N) is 1. The van der Waals surface area contributed by atoms with E-state index in [1.807, 2.05) is 0 Å². The number of methoxy groups -OCH3 is 2. The maximum atomic E-state index is 12.8. The third kappa shape index (κ3) is 4.98. The lowest BCUT2D eigenvalue weighted by Crippen LogP contribution is -2.16. The van der Waals surface area contributed by atoms with Gasteiger partial charge in [0.05, 0.1) is 20.4 Å². The maximum Gasteiger partial charge on any atom is 0.265 e. The maximum absolute atomic E-state index is 12.8. The molecule has 24 heavy (non-hydrogen) atoms. The van der Waals surface area contributed by atoms with Gasteiger partial charge in [-0.2, -0.15) is 0 Å². The van der Waals surface area contributed by atoms with Crippen LogP contribution in [-0.2, 0) is 9.63 Å². The summed E-state index contributed by atoms with van der Waals surface area (Å²) in [6.45, 7) is -0.263. The molecule has 0 aliphatic carbocycles.